The van der Waals surface area contributed by atoms with Gasteiger partial charge in [0.2, 0.25) is 5.82 Å². The fourth-order valence-electron chi connectivity index (χ4n) is 1.35. The second-order valence-electron chi connectivity index (χ2n) is 3.68. The summed E-state index contributed by atoms with van der Waals surface area (Å²) in [5.41, 5.74) is -0.567. The summed E-state index contributed by atoms with van der Waals surface area (Å²) >= 11 is 0. The predicted octanol–water partition coefficient (Wildman–Crippen LogP) is 2.17. The van der Waals surface area contributed by atoms with Gasteiger partial charge in [0.05, 0.1) is 11.5 Å². The van der Waals surface area contributed by atoms with Crippen molar-refractivity contribution in [2.75, 3.05) is 33.5 Å². The molecule has 0 aliphatic carbocycles. The molecular formula is C12H16FNO5. The summed E-state index contributed by atoms with van der Waals surface area (Å²) in [6.07, 6.45) is 0.794. The first-order valence-electron chi connectivity index (χ1n) is 5.78. The highest BCUT2D eigenvalue weighted by Crippen LogP contribution is 2.22. The molecule has 7 heteroatoms. The number of rotatable bonds is 9. The molecule has 1 aromatic rings. The van der Waals surface area contributed by atoms with Crippen molar-refractivity contribution in [3.63, 3.8) is 0 Å². The van der Waals surface area contributed by atoms with Crippen molar-refractivity contribution < 1.29 is 23.5 Å². The lowest BCUT2D eigenvalue weighted by Gasteiger charge is -2.07. The Hall–Kier alpha value is -1.73. The molecule has 1 aromatic carbocycles. The summed E-state index contributed by atoms with van der Waals surface area (Å²) in [7, 11) is 1.62. The summed E-state index contributed by atoms with van der Waals surface area (Å²) in [6.45, 7) is 1.81. The second kappa shape index (κ2) is 8.39. The van der Waals surface area contributed by atoms with E-state index in [9.17, 15) is 14.5 Å². The monoisotopic (exact) mass is 273 g/mol. The summed E-state index contributed by atoms with van der Waals surface area (Å²) < 4.78 is 28.6. The standard InChI is InChI=1S/C12H16FNO5/c1-17-5-2-6-18-7-8-19-10-3-4-12(14(15)16)11(13)9-10/h3-4,9H,2,5-8H2,1H3. The van der Waals surface area contributed by atoms with Gasteiger partial charge < -0.3 is 14.2 Å². The fourth-order valence-corrected chi connectivity index (χ4v) is 1.35. The topological polar surface area (TPSA) is 70.8 Å². The van der Waals surface area contributed by atoms with E-state index in [-0.39, 0.29) is 12.4 Å². The van der Waals surface area contributed by atoms with Crippen molar-refractivity contribution in [3.8, 4) is 5.75 Å². The number of halogens is 1. The van der Waals surface area contributed by atoms with Crippen molar-refractivity contribution >= 4 is 5.69 Å². The van der Waals surface area contributed by atoms with E-state index in [1.54, 1.807) is 7.11 Å². The highest BCUT2D eigenvalue weighted by Gasteiger charge is 2.13. The Kier molecular flexibility index (Phi) is 6.76. The van der Waals surface area contributed by atoms with Gasteiger partial charge >= 0.3 is 5.69 Å². The summed E-state index contributed by atoms with van der Waals surface area (Å²) in [6, 6.07) is 3.42. The first-order valence-corrected chi connectivity index (χ1v) is 5.78. The van der Waals surface area contributed by atoms with E-state index in [0.717, 1.165) is 18.6 Å². The second-order valence-corrected chi connectivity index (χ2v) is 3.68. The first kappa shape index (κ1) is 15.3. The van der Waals surface area contributed by atoms with E-state index < -0.39 is 16.4 Å². The number of benzene rings is 1. The zero-order valence-corrected chi connectivity index (χ0v) is 10.6. The van der Waals surface area contributed by atoms with Crippen LogP contribution in [-0.2, 0) is 9.47 Å². The minimum absolute atomic E-state index is 0.239. The van der Waals surface area contributed by atoms with Crippen LogP contribution in [0.1, 0.15) is 6.42 Å². The van der Waals surface area contributed by atoms with Crippen LogP contribution in [0.4, 0.5) is 10.1 Å². The van der Waals surface area contributed by atoms with Gasteiger partial charge in [0, 0.05) is 32.5 Å². The van der Waals surface area contributed by atoms with Gasteiger partial charge in [0.1, 0.15) is 12.4 Å². The molecule has 0 spiro atoms. The summed E-state index contributed by atoms with van der Waals surface area (Å²) in [5, 5.41) is 10.4. The first-order chi connectivity index (χ1) is 9.15. The van der Waals surface area contributed by atoms with Crippen LogP contribution in [0.5, 0.6) is 5.75 Å². The van der Waals surface area contributed by atoms with Gasteiger partial charge in [-0.1, -0.05) is 0 Å². The molecule has 0 aliphatic rings. The number of nitro benzene ring substituents is 1. The highest BCUT2D eigenvalue weighted by atomic mass is 19.1. The van der Waals surface area contributed by atoms with Gasteiger partial charge in [0.25, 0.3) is 0 Å². The lowest BCUT2D eigenvalue weighted by atomic mass is 10.3. The predicted molar refractivity (Wildman–Crippen MR) is 65.9 cm³/mol. The number of nitrogens with zero attached hydrogens (tertiary/aromatic N) is 1. The molecule has 6 nitrogen and oxygen atoms in total. The number of hydrogen-bond donors (Lipinski definition) is 0. The Morgan fingerprint density at radius 2 is 2.05 bits per heavy atom. The van der Waals surface area contributed by atoms with Gasteiger partial charge in [-0.05, 0) is 12.5 Å². The maximum absolute atomic E-state index is 13.2. The van der Waals surface area contributed by atoms with Crippen molar-refractivity contribution in [1.29, 1.82) is 0 Å². The van der Waals surface area contributed by atoms with Crippen LogP contribution in [0, 0.1) is 15.9 Å². The van der Waals surface area contributed by atoms with Crippen LogP contribution in [0.25, 0.3) is 0 Å². The third-order valence-electron chi connectivity index (χ3n) is 2.25. The smallest absolute Gasteiger partial charge is 0.305 e. The largest absolute Gasteiger partial charge is 0.491 e. The van der Waals surface area contributed by atoms with Gasteiger partial charge in [-0.25, -0.2) is 0 Å². The van der Waals surface area contributed by atoms with Gasteiger partial charge in [-0.15, -0.1) is 0 Å². The van der Waals surface area contributed by atoms with E-state index in [1.165, 1.54) is 6.07 Å². The van der Waals surface area contributed by atoms with E-state index in [2.05, 4.69) is 0 Å². The molecule has 106 valence electrons. The van der Waals surface area contributed by atoms with Crippen LogP contribution >= 0.6 is 0 Å². The Morgan fingerprint density at radius 1 is 1.26 bits per heavy atom. The van der Waals surface area contributed by atoms with E-state index >= 15 is 0 Å². The molecule has 0 fully saturated rings. The van der Waals surface area contributed by atoms with Crippen molar-refractivity contribution in [3.05, 3.63) is 34.1 Å². The van der Waals surface area contributed by atoms with Gasteiger partial charge in [-0.2, -0.15) is 4.39 Å². The maximum atomic E-state index is 13.2. The zero-order valence-electron chi connectivity index (χ0n) is 10.6. The van der Waals surface area contributed by atoms with E-state index in [1.807, 2.05) is 0 Å². The average molecular weight is 273 g/mol. The van der Waals surface area contributed by atoms with Crippen LogP contribution in [-0.4, -0.2) is 38.5 Å². The molecule has 0 atom stereocenters. The Morgan fingerprint density at radius 3 is 2.68 bits per heavy atom. The molecule has 0 heterocycles. The van der Waals surface area contributed by atoms with Gasteiger partial charge in [0.15, 0.2) is 0 Å². The van der Waals surface area contributed by atoms with Crippen LogP contribution in [0.15, 0.2) is 18.2 Å². The molecule has 0 aliphatic heterocycles. The molecule has 0 saturated heterocycles. The Labute approximate surface area is 110 Å². The summed E-state index contributed by atoms with van der Waals surface area (Å²) in [5.74, 6) is -0.674. The Balaban J connectivity index is 2.26. The number of methoxy groups -OCH3 is 1. The van der Waals surface area contributed by atoms with Gasteiger partial charge in [-0.3, -0.25) is 10.1 Å². The summed E-state index contributed by atoms with van der Waals surface area (Å²) in [4.78, 5) is 9.63. The highest BCUT2D eigenvalue weighted by molar-refractivity contribution is 5.37. The molecule has 0 unspecified atom stereocenters. The fraction of sp³-hybridized carbons (Fsp3) is 0.500. The van der Waals surface area contributed by atoms with Crippen LogP contribution in [0.2, 0.25) is 0 Å². The molecule has 1 rings (SSSR count). The quantitative estimate of drug-likeness (QED) is 0.392. The van der Waals surface area contributed by atoms with Crippen molar-refractivity contribution in [2.24, 2.45) is 0 Å². The molecule has 0 aromatic heterocycles. The normalized spacial score (nSPS) is 10.4. The maximum Gasteiger partial charge on any atom is 0.305 e. The molecule has 0 radical (unpaired) electrons. The lowest BCUT2D eigenvalue weighted by Crippen LogP contribution is -2.08. The molecule has 0 N–H and O–H groups in total. The molecule has 0 amide bonds. The molecule has 19 heavy (non-hydrogen) atoms. The SMILES string of the molecule is COCCCOCCOc1ccc([N+](=O)[O-])c(F)c1. The third kappa shape index (κ3) is 5.62. The molecular weight excluding hydrogens is 257 g/mol. The van der Waals surface area contributed by atoms with Crippen molar-refractivity contribution in [1.82, 2.24) is 0 Å². The third-order valence-corrected chi connectivity index (χ3v) is 2.25. The van der Waals surface area contributed by atoms with Crippen LogP contribution < -0.4 is 4.74 Å². The van der Waals surface area contributed by atoms with E-state index in [4.69, 9.17) is 14.2 Å². The minimum Gasteiger partial charge on any atom is -0.491 e. The Bertz CT molecular complexity index is 413. The van der Waals surface area contributed by atoms with Crippen molar-refractivity contribution in [2.45, 2.75) is 6.42 Å². The number of ether oxygens (including phenoxy) is 3. The lowest BCUT2D eigenvalue weighted by molar-refractivity contribution is -0.387. The minimum atomic E-state index is -0.913. The zero-order chi connectivity index (χ0) is 14.1. The molecule has 0 bridgehead atoms. The number of nitro groups is 1. The molecule has 0 saturated carbocycles. The average Bonchev–Trinajstić information content (AvgIpc) is 2.37. The van der Waals surface area contributed by atoms with E-state index in [0.29, 0.717) is 19.8 Å². The number of hydrogen-bond acceptors (Lipinski definition) is 5. The van der Waals surface area contributed by atoms with Crippen LogP contribution in [0.3, 0.4) is 0 Å².